The molecule has 1 rings (SSSR count). The van der Waals surface area contributed by atoms with Gasteiger partial charge >= 0.3 is 0 Å². The lowest BCUT2D eigenvalue weighted by Crippen LogP contribution is -2.42. The standard InChI is InChI=1S/C13H17ClN2O2/c1-13(2,3)8-11(17)15-16-12(18)9-5-4-6-10(14)7-9/h4-7H,8H2,1-3H3,(H,15,17)(H,16,18). The van der Waals surface area contributed by atoms with Crippen molar-refractivity contribution >= 4 is 23.4 Å². The lowest BCUT2D eigenvalue weighted by atomic mass is 9.92. The molecule has 0 aliphatic rings. The van der Waals surface area contributed by atoms with Gasteiger partial charge in [0.25, 0.3) is 5.91 Å². The molecule has 0 spiro atoms. The second-order valence-electron chi connectivity index (χ2n) is 5.25. The van der Waals surface area contributed by atoms with Gasteiger partial charge in [0, 0.05) is 17.0 Å². The van der Waals surface area contributed by atoms with Crippen molar-refractivity contribution in [2.75, 3.05) is 0 Å². The van der Waals surface area contributed by atoms with Crippen LogP contribution in [-0.2, 0) is 4.79 Å². The summed E-state index contributed by atoms with van der Waals surface area (Å²) >= 11 is 5.77. The zero-order chi connectivity index (χ0) is 13.8. The average Bonchev–Trinajstić information content (AvgIpc) is 2.23. The smallest absolute Gasteiger partial charge is 0.269 e. The van der Waals surface area contributed by atoms with E-state index in [2.05, 4.69) is 10.9 Å². The first-order valence-electron chi connectivity index (χ1n) is 5.63. The number of carbonyl (C=O) groups excluding carboxylic acids is 2. The minimum Gasteiger partial charge on any atom is -0.273 e. The van der Waals surface area contributed by atoms with Gasteiger partial charge in [0.2, 0.25) is 5.91 Å². The van der Waals surface area contributed by atoms with Crippen LogP contribution in [0.4, 0.5) is 0 Å². The highest BCUT2D eigenvalue weighted by Gasteiger charge is 2.16. The molecule has 2 amide bonds. The van der Waals surface area contributed by atoms with Crippen LogP contribution in [0.5, 0.6) is 0 Å². The first kappa shape index (κ1) is 14.5. The number of hydrogen-bond acceptors (Lipinski definition) is 2. The molecule has 1 aromatic rings. The maximum atomic E-state index is 11.7. The van der Waals surface area contributed by atoms with Crippen LogP contribution in [-0.4, -0.2) is 11.8 Å². The number of hydrogen-bond donors (Lipinski definition) is 2. The molecule has 0 saturated carbocycles. The SMILES string of the molecule is CC(C)(C)CC(=O)NNC(=O)c1cccc(Cl)c1. The molecule has 18 heavy (non-hydrogen) atoms. The van der Waals surface area contributed by atoms with Crippen molar-refractivity contribution in [2.24, 2.45) is 5.41 Å². The van der Waals surface area contributed by atoms with Crippen LogP contribution in [0.1, 0.15) is 37.6 Å². The highest BCUT2D eigenvalue weighted by molar-refractivity contribution is 6.30. The molecule has 0 bridgehead atoms. The Balaban J connectivity index is 2.49. The second kappa shape index (κ2) is 5.87. The molecule has 0 aliphatic carbocycles. The van der Waals surface area contributed by atoms with Crippen molar-refractivity contribution in [2.45, 2.75) is 27.2 Å². The number of benzene rings is 1. The third kappa shape index (κ3) is 5.19. The quantitative estimate of drug-likeness (QED) is 0.810. The van der Waals surface area contributed by atoms with E-state index in [0.717, 1.165) is 0 Å². The van der Waals surface area contributed by atoms with Crippen LogP contribution in [0.15, 0.2) is 24.3 Å². The predicted molar refractivity (Wildman–Crippen MR) is 71.1 cm³/mol. The molecule has 5 heteroatoms. The van der Waals surface area contributed by atoms with E-state index < -0.39 is 0 Å². The van der Waals surface area contributed by atoms with E-state index in [1.165, 1.54) is 6.07 Å². The molecule has 0 fully saturated rings. The third-order valence-electron chi connectivity index (χ3n) is 2.09. The van der Waals surface area contributed by atoms with E-state index in [-0.39, 0.29) is 17.2 Å². The molecule has 0 unspecified atom stereocenters. The van der Waals surface area contributed by atoms with Crippen LogP contribution in [0.25, 0.3) is 0 Å². The molecule has 0 radical (unpaired) electrons. The fourth-order valence-electron chi connectivity index (χ4n) is 1.35. The van der Waals surface area contributed by atoms with Crippen molar-refractivity contribution in [3.8, 4) is 0 Å². The van der Waals surface area contributed by atoms with Gasteiger partial charge in [-0.3, -0.25) is 20.4 Å². The van der Waals surface area contributed by atoms with Gasteiger partial charge in [-0.2, -0.15) is 0 Å². The largest absolute Gasteiger partial charge is 0.273 e. The fourth-order valence-corrected chi connectivity index (χ4v) is 1.54. The van der Waals surface area contributed by atoms with Gasteiger partial charge < -0.3 is 0 Å². The van der Waals surface area contributed by atoms with Crippen molar-refractivity contribution in [1.29, 1.82) is 0 Å². The normalized spacial score (nSPS) is 10.9. The Morgan fingerprint density at radius 1 is 1.22 bits per heavy atom. The minimum atomic E-state index is -0.389. The van der Waals surface area contributed by atoms with Gasteiger partial charge in [-0.1, -0.05) is 38.4 Å². The van der Waals surface area contributed by atoms with E-state index in [9.17, 15) is 9.59 Å². The van der Waals surface area contributed by atoms with Gasteiger partial charge in [0.1, 0.15) is 0 Å². The summed E-state index contributed by atoms with van der Waals surface area (Å²) in [5.41, 5.74) is 5.01. The van der Waals surface area contributed by atoms with E-state index in [4.69, 9.17) is 11.6 Å². The molecule has 0 aromatic heterocycles. The number of amides is 2. The molecule has 0 atom stereocenters. The number of halogens is 1. The summed E-state index contributed by atoms with van der Waals surface area (Å²) in [4.78, 5) is 23.2. The molecular formula is C13H17ClN2O2. The zero-order valence-electron chi connectivity index (χ0n) is 10.7. The van der Waals surface area contributed by atoms with Crippen molar-refractivity contribution in [3.63, 3.8) is 0 Å². The molecule has 1 aromatic carbocycles. The monoisotopic (exact) mass is 268 g/mol. The van der Waals surface area contributed by atoms with E-state index in [0.29, 0.717) is 17.0 Å². The number of rotatable bonds is 2. The van der Waals surface area contributed by atoms with Gasteiger partial charge in [-0.25, -0.2) is 0 Å². The molecule has 98 valence electrons. The third-order valence-corrected chi connectivity index (χ3v) is 2.33. The average molecular weight is 269 g/mol. The lowest BCUT2D eigenvalue weighted by molar-refractivity contribution is -0.123. The number of carbonyl (C=O) groups is 2. The second-order valence-corrected chi connectivity index (χ2v) is 5.69. The summed E-state index contributed by atoms with van der Waals surface area (Å²) in [5.74, 6) is -0.613. The van der Waals surface area contributed by atoms with Crippen LogP contribution in [0.2, 0.25) is 5.02 Å². The first-order chi connectivity index (χ1) is 8.28. The Morgan fingerprint density at radius 2 is 1.89 bits per heavy atom. The molecule has 2 N–H and O–H groups in total. The summed E-state index contributed by atoms with van der Waals surface area (Å²) in [5, 5.41) is 0.476. The molecule has 0 heterocycles. The molecule has 0 aliphatic heterocycles. The van der Waals surface area contributed by atoms with Crippen LogP contribution in [0, 0.1) is 5.41 Å². The van der Waals surface area contributed by atoms with E-state index in [1.807, 2.05) is 20.8 Å². The summed E-state index contributed by atoms with van der Waals surface area (Å²) in [7, 11) is 0. The Bertz CT molecular complexity index is 453. The summed E-state index contributed by atoms with van der Waals surface area (Å²) in [6, 6.07) is 6.51. The number of hydrazine groups is 1. The van der Waals surface area contributed by atoms with Gasteiger partial charge in [0.05, 0.1) is 0 Å². The zero-order valence-corrected chi connectivity index (χ0v) is 11.5. The molecule has 4 nitrogen and oxygen atoms in total. The van der Waals surface area contributed by atoms with Gasteiger partial charge in [-0.15, -0.1) is 0 Å². The minimum absolute atomic E-state index is 0.120. The first-order valence-corrected chi connectivity index (χ1v) is 6.00. The fraction of sp³-hybridized carbons (Fsp3) is 0.385. The molecule has 0 saturated heterocycles. The van der Waals surface area contributed by atoms with Crippen molar-refractivity contribution < 1.29 is 9.59 Å². The Hall–Kier alpha value is -1.55. The van der Waals surface area contributed by atoms with E-state index in [1.54, 1.807) is 18.2 Å². The summed E-state index contributed by atoms with van der Waals surface area (Å²) in [6.45, 7) is 5.85. The number of nitrogens with one attached hydrogen (secondary N) is 2. The highest BCUT2D eigenvalue weighted by atomic mass is 35.5. The van der Waals surface area contributed by atoms with Crippen LogP contribution < -0.4 is 10.9 Å². The Labute approximate surface area is 112 Å². The topological polar surface area (TPSA) is 58.2 Å². The van der Waals surface area contributed by atoms with Crippen molar-refractivity contribution in [1.82, 2.24) is 10.9 Å². The Kier molecular flexibility index (Phi) is 4.73. The van der Waals surface area contributed by atoms with Crippen LogP contribution in [0.3, 0.4) is 0 Å². The maximum absolute atomic E-state index is 11.7. The summed E-state index contributed by atoms with van der Waals surface area (Å²) in [6.07, 6.45) is 0.336. The lowest BCUT2D eigenvalue weighted by Gasteiger charge is -2.17. The highest BCUT2D eigenvalue weighted by Crippen LogP contribution is 2.17. The van der Waals surface area contributed by atoms with Crippen molar-refractivity contribution in [3.05, 3.63) is 34.9 Å². The van der Waals surface area contributed by atoms with E-state index >= 15 is 0 Å². The van der Waals surface area contributed by atoms with Gasteiger partial charge in [-0.05, 0) is 23.6 Å². The predicted octanol–water partition coefficient (Wildman–Crippen LogP) is 2.54. The Morgan fingerprint density at radius 3 is 2.44 bits per heavy atom. The van der Waals surface area contributed by atoms with Gasteiger partial charge in [0.15, 0.2) is 0 Å². The summed E-state index contributed by atoms with van der Waals surface area (Å²) < 4.78 is 0. The molecular weight excluding hydrogens is 252 g/mol. The maximum Gasteiger partial charge on any atom is 0.269 e. The van der Waals surface area contributed by atoms with Crippen LogP contribution >= 0.6 is 11.6 Å².